The number of halogens is 2. The van der Waals surface area contributed by atoms with E-state index in [1.807, 2.05) is 19.1 Å². The number of aryl methyl sites for hydroxylation is 1. The molecule has 148 valence electrons. The molecule has 1 N–H and O–H groups in total. The minimum Gasteiger partial charge on any atom is -0.398 e. The van der Waals surface area contributed by atoms with Gasteiger partial charge in [0.05, 0.1) is 10.7 Å². The number of nitrogens with zero attached hydrogens (tertiary/aromatic N) is 3. The Labute approximate surface area is 173 Å². The number of aromatic nitrogens is 1. The average molecular weight is 423 g/mol. The molecular formula is C19H20Cl2N4O3. The van der Waals surface area contributed by atoms with Gasteiger partial charge in [-0.05, 0) is 25.5 Å². The number of carbonyl (C=O) groups is 1. The molecule has 0 aliphatic rings. The first-order valence-corrected chi connectivity index (χ1v) is 9.04. The summed E-state index contributed by atoms with van der Waals surface area (Å²) in [6.45, 7) is 3.81. The molecule has 2 aromatic rings. The first kappa shape index (κ1) is 21.7. The smallest absolute Gasteiger partial charge is 0.273 e. The molecule has 1 amide bonds. The van der Waals surface area contributed by atoms with Crippen molar-refractivity contribution in [3.63, 3.8) is 0 Å². The minimum absolute atomic E-state index is 0.133. The van der Waals surface area contributed by atoms with Crippen LogP contribution in [-0.2, 0) is 21.1 Å². The molecule has 0 aliphatic heterocycles. The van der Waals surface area contributed by atoms with Gasteiger partial charge in [-0.3, -0.25) is 4.79 Å². The van der Waals surface area contributed by atoms with E-state index in [-0.39, 0.29) is 23.4 Å². The van der Waals surface area contributed by atoms with Gasteiger partial charge in [-0.2, -0.15) is 0 Å². The summed E-state index contributed by atoms with van der Waals surface area (Å²) in [4.78, 5) is 26.5. The van der Waals surface area contributed by atoms with Crippen molar-refractivity contribution >= 4 is 40.5 Å². The van der Waals surface area contributed by atoms with Crippen LogP contribution in [0.2, 0.25) is 10.2 Å². The summed E-state index contributed by atoms with van der Waals surface area (Å²) in [6, 6.07) is 7.18. The van der Waals surface area contributed by atoms with E-state index < -0.39 is 0 Å². The standard InChI is InChI=1S/C19H20Cl2N4O3/c1-11-6-5-7-14(17(25-27-4)19(26)22-3)15(11)10-28-24-12(2)13-8-16(20)18(21)23-9-13/h5-9H,10H2,1-4H3,(H,22,26)/b24-12+,25-17+. The van der Waals surface area contributed by atoms with E-state index >= 15 is 0 Å². The van der Waals surface area contributed by atoms with Crippen LogP contribution in [0.5, 0.6) is 0 Å². The number of pyridine rings is 1. The molecule has 1 aromatic heterocycles. The molecule has 1 heterocycles. The van der Waals surface area contributed by atoms with Gasteiger partial charge in [0.25, 0.3) is 5.91 Å². The van der Waals surface area contributed by atoms with Gasteiger partial charge in [0, 0.05) is 29.9 Å². The van der Waals surface area contributed by atoms with Crippen molar-refractivity contribution in [2.75, 3.05) is 14.2 Å². The number of nitrogens with one attached hydrogen (secondary N) is 1. The van der Waals surface area contributed by atoms with Crippen molar-refractivity contribution in [2.24, 2.45) is 10.3 Å². The van der Waals surface area contributed by atoms with E-state index in [2.05, 4.69) is 20.6 Å². The molecule has 1 aromatic carbocycles. The molecule has 0 spiro atoms. The Kier molecular flexibility index (Phi) is 7.78. The molecule has 0 unspecified atom stereocenters. The quantitative estimate of drug-likeness (QED) is 0.418. The van der Waals surface area contributed by atoms with Crippen molar-refractivity contribution in [2.45, 2.75) is 20.5 Å². The number of hydrogen-bond donors (Lipinski definition) is 1. The fourth-order valence-electron chi connectivity index (χ4n) is 2.40. The first-order chi connectivity index (χ1) is 13.4. The van der Waals surface area contributed by atoms with Crippen LogP contribution in [0.25, 0.3) is 0 Å². The zero-order valence-electron chi connectivity index (χ0n) is 15.9. The first-order valence-electron chi connectivity index (χ1n) is 8.29. The lowest BCUT2D eigenvalue weighted by atomic mass is 9.98. The Morgan fingerprint density at radius 1 is 1.29 bits per heavy atom. The maximum atomic E-state index is 12.2. The summed E-state index contributed by atoms with van der Waals surface area (Å²) >= 11 is 11.8. The largest absolute Gasteiger partial charge is 0.398 e. The summed E-state index contributed by atoms with van der Waals surface area (Å²) in [5.41, 5.74) is 3.72. The van der Waals surface area contributed by atoms with E-state index in [0.717, 1.165) is 11.1 Å². The molecule has 0 bridgehead atoms. The SMILES string of the molecule is CNC(=O)/C(=N/OC)c1cccc(C)c1CO/N=C(\C)c1cnc(Cl)c(Cl)c1. The van der Waals surface area contributed by atoms with Crippen molar-refractivity contribution in [3.05, 3.63) is 62.9 Å². The molecule has 2 rings (SSSR count). The van der Waals surface area contributed by atoms with Crippen LogP contribution in [-0.4, -0.2) is 36.5 Å². The van der Waals surface area contributed by atoms with Crippen molar-refractivity contribution in [3.8, 4) is 0 Å². The summed E-state index contributed by atoms with van der Waals surface area (Å²) in [7, 11) is 2.91. The van der Waals surface area contributed by atoms with Crippen LogP contribution < -0.4 is 5.32 Å². The second-order valence-corrected chi connectivity index (χ2v) is 6.51. The minimum atomic E-state index is -0.365. The van der Waals surface area contributed by atoms with Crippen molar-refractivity contribution in [1.29, 1.82) is 0 Å². The van der Waals surface area contributed by atoms with Gasteiger partial charge < -0.3 is 15.0 Å². The lowest BCUT2D eigenvalue weighted by Crippen LogP contribution is -2.29. The Hall–Kier alpha value is -2.64. The number of oxime groups is 2. The molecule has 0 saturated carbocycles. The fourth-order valence-corrected chi connectivity index (χ4v) is 2.67. The van der Waals surface area contributed by atoms with Crippen LogP contribution in [0.4, 0.5) is 0 Å². The highest BCUT2D eigenvalue weighted by atomic mass is 35.5. The predicted molar refractivity (Wildman–Crippen MR) is 110 cm³/mol. The highest BCUT2D eigenvalue weighted by Gasteiger charge is 2.19. The highest BCUT2D eigenvalue weighted by Crippen LogP contribution is 2.21. The number of carbonyl (C=O) groups excluding carboxylic acids is 1. The molecule has 28 heavy (non-hydrogen) atoms. The Bertz CT molecular complexity index is 929. The van der Waals surface area contributed by atoms with Gasteiger partial charge in [0.2, 0.25) is 0 Å². The zero-order valence-corrected chi connectivity index (χ0v) is 17.4. The third kappa shape index (κ3) is 5.21. The maximum absolute atomic E-state index is 12.2. The molecule has 0 atom stereocenters. The number of benzene rings is 1. The maximum Gasteiger partial charge on any atom is 0.273 e. The molecular weight excluding hydrogens is 403 g/mol. The Morgan fingerprint density at radius 2 is 2.04 bits per heavy atom. The van der Waals surface area contributed by atoms with E-state index in [1.165, 1.54) is 14.2 Å². The molecule has 0 saturated heterocycles. The summed E-state index contributed by atoms with van der Waals surface area (Å²) in [6.07, 6.45) is 1.56. The Morgan fingerprint density at radius 3 is 2.68 bits per heavy atom. The second kappa shape index (κ2) is 10.1. The van der Waals surface area contributed by atoms with Crippen LogP contribution in [0.3, 0.4) is 0 Å². The topological polar surface area (TPSA) is 85.2 Å². The monoisotopic (exact) mass is 422 g/mol. The highest BCUT2D eigenvalue weighted by molar-refractivity contribution is 6.45. The van der Waals surface area contributed by atoms with E-state index in [0.29, 0.717) is 21.9 Å². The molecule has 7 nitrogen and oxygen atoms in total. The van der Waals surface area contributed by atoms with Crippen molar-refractivity contribution in [1.82, 2.24) is 10.3 Å². The van der Waals surface area contributed by atoms with E-state index in [4.69, 9.17) is 32.9 Å². The fraction of sp³-hybridized carbons (Fsp3) is 0.263. The van der Waals surface area contributed by atoms with Gasteiger partial charge in [-0.1, -0.05) is 51.7 Å². The average Bonchev–Trinajstić information content (AvgIpc) is 2.68. The van der Waals surface area contributed by atoms with Gasteiger partial charge >= 0.3 is 0 Å². The van der Waals surface area contributed by atoms with E-state index in [9.17, 15) is 4.79 Å². The normalized spacial score (nSPS) is 11.9. The molecule has 9 heteroatoms. The van der Waals surface area contributed by atoms with Crippen molar-refractivity contribution < 1.29 is 14.5 Å². The predicted octanol–water partition coefficient (Wildman–Crippen LogP) is 3.73. The molecule has 0 aliphatic carbocycles. The van der Waals surface area contributed by atoms with Crippen LogP contribution >= 0.6 is 23.2 Å². The van der Waals surface area contributed by atoms with Gasteiger partial charge in [-0.25, -0.2) is 4.98 Å². The third-order valence-electron chi connectivity index (χ3n) is 3.91. The van der Waals surface area contributed by atoms with Gasteiger partial charge in [0.1, 0.15) is 18.9 Å². The zero-order chi connectivity index (χ0) is 20.7. The third-order valence-corrected chi connectivity index (χ3v) is 4.60. The van der Waals surface area contributed by atoms with Gasteiger partial charge in [0.15, 0.2) is 5.71 Å². The second-order valence-electron chi connectivity index (χ2n) is 5.75. The lowest BCUT2D eigenvalue weighted by Gasteiger charge is -2.13. The van der Waals surface area contributed by atoms with Crippen LogP contribution in [0.1, 0.15) is 29.2 Å². The lowest BCUT2D eigenvalue weighted by molar-refractivity contribution is -0.114. The summed E-state index contributed by atoms with van der Waals surface area (Å²) in [5.74, 6) is -0.365. The summed E-state index contributed by atoms with van der Waals surface area (Å²) < 4.78 is 0. The Balaban J connectivity index is 2.27. The number of rotatable bonds is 7. The van der Waals surface area contributed by atoms with Crippen LogP contribution in [0.15, 0.2) is 40.8 Å². The number of hydrogen-bond acceptors (Lipinski definition) is 6. The summed E-state index contributed by atoms with van der Waals surface area (Å²) in [5, 5.41) is 11.1. The van der Waals surface area contributed by atoms with E-state index in [1.54, 1.807) is 25.3 Å². The number of likely N-dealkylation sites (N-methyl/N-ethyl adjacent to an activating group) is 1. The number of amides is 1. The molecule has 0 fully saturated rings. The molecule has 0 radical (unpaired) electrons. The van der Waals surface area contributed by atoms with Gasteiger partial charge in [-0.15, -0.1) is 0 Å². The van der Waals surface area contributed by atoms with Crippen LogP contribution in [0, 0.1) is 6.92 Å².